The number of nitrogens with two attached hydrogens (primary N) is 1. The molecule has 0 amide bonds. The van der Waals surface area contributed by atoms with Gasteiger partial charge in [0.2, 0.25) is 0 Å². The molecule has 0 radical (unpaired) electrons. The molecule has 0 aliphatic heterocycles. The van der Waals surface area contributed by atoms with Crippen molar-refractivity contribution in [2.45, 2.75) is 43.6 Å². The number of ketones is 1. The fourth-order valence-corrected chi connectivity index (χ4v) is 1.56. The van der Waals surface area contributed by atoms with Gasteiger partial charge in [0.15, 0.2) is 5.78 Å². The van der Waals surface area contributed by atoms with Gasteiger partial charge in [-0.05, 0) is 19.4 Å². The van der Waals surface area contributed by atoms with Crippen molar-refractivity contribution in [1.29, 1.82) is 0 Å². The normalized spacial score (nSPS) is 17.0. The van der Waals surface area contributed by atoms with Gasteiger partial charge < -0.3 is 36.6 Å². The second kappa shape index (κ2) is 10.6. The summed E-state index contributed by atoms with van der Waals surface area (Å²) in [6.45, 7) is -0.548. The molecule has 9 nitrogen and oxygen atoms in total. The van der Waals surface area contributed by atoms with Crippen molar-refractivity contribution in [3.05, 3.63) is 0 Å². The Morgan fingerprint density at radius 1 is 1.14 bits per heavy atom. The molecule has 0 saturated carbocycles. The summed E-state index contributed by atoms with van der Waals surface area (Å²) < 4.78 is 0. The third-order valence-electron chi connectivity index (χ3n) is 2.97. The molecule has 0 bridgehead atoms. The number of nitrogens with one attached hydrogen (secondary N) is 1. The zero-order valence-corrected chi connectivity index (χ0v) is 11.7. The number of carbonyl (C=O) groups is 2. The number of hydrogen-bond acceptors (Lipinski definition) is 8. The molecule has 4 atom stereocenters. The first-order valence-electron chi connectivity index (χ1n) is 6.68. The maximum absolute atomic E-state index is 11.5. The van der Waals surface area contributed by atoms with E-state index in [2.05, 4.69) is 5.32 Å². The first-order chi connectivity index (χ1) is 9.81. The lowest BCUT2D eigenvalue weighted by Gasteiger charge is -2.20. The van der Waals surface area contributed by atoms with E-state index in [9.17, 15) is 19.8 Å². The molecule has 0 rings (SSSR count). The Morgan fingerprint density at radius 2 is 1.76 bits per heavy atom. The molecule has 0 heterocycles. The van der Waals surface area contributed by atoms with Crippen LogP contribution in [-0.2, 0) is 9.59 Å². The van der Waals surface area contributed by atoms with Gasteiger partial charge in [-0.15, -0.1) is 0 Å². The fourth-order valence-electron chi connectivity index (χ4n) is 1.56. The minimum absolute atomic E-state index is 0.207. The van der Waals surface area contributed by atoms with Gasteiger partial charge in [0.25, 0.3) is 0 Å². The molecule has 8 N–H and O–H groups in total. The van der Waals surface area contributed by atoms with Gasteiger partial charge in [-0.2, -0.15) is 0 Å². The molecular weight excluding hydrogens is 284 g/mol. The van der Waals surface area contributed by atoms with Crippen LogP contribution in [0.1, 0.15) is 19.3 Å². The minimum atomic E-state index is -1.78. The molecule has 0 saturated heterocycles. The molecule has 0 aromatic heterocycles. The number of aliphatic hydroxyl groups is 4. The lowest BCUT2D eigenvalue weighted by atomic mass is 10.0. The lowest BCUT2D eigenvalue weighted by Crippen LogP contribution is -2.46. The number of aliphatic hydroxyl groups excluding tert-OH is 4. The van der Waals surface area contributed by atoms with Gasteiger partial charge in [0, 0.05) is 0 Å². The highest BCUT2D eigenvalue weighted by Gasteiger charge is 2.29. The summed E-state index contributed by atoms with van der Waals surface area (Å²) in [5.74, 6) is -1.77. The van der Waals surface area contributed by atoms with Crippen molar-refractivity contribution in [3.8, 4) is 0 Å². The van der Waals surface area contributed by atoms with Crippen molar-refractivity contribution in [1.82, 2.24) is 5.32 Å². The molecule has 0 unspecified atom stereocenters. The molecule has 0 fully saturated rings. The van der Waals surface area contributed by atoms with Gasteiger partial charge in [0.1, 0.15) is 24.4 Å². The third kappa shape index (κ3) is 8.05. The van der Waals surface area contributed by atoms with Crippen LogP contribution >= 0.6 is 0 Å². The number of carbonyl (C=O) groups excluding carboxylic acids is 1. The predicted octanol–water partition coefficient (Wildman–Crippen LogP) is -3.20. The fraction of sp³-hybridized carbons (Fsp3) is 0.833. The molecule has 21 heavy (non-hydrogen) atoms. The predicted molar refractivity (Wildman–Crippen MR) is 72.4 cm³/mol. The average Bonchev–Trinajstić information content (AvgIpc) is 2.47. The Labute approximate surface area is 122 Å². The van der Waals surface area contributed by atoms with Crippen LogP contribution in [0.2, 0.25) is 0 Å². The van der Waals surface area contributed by atoms with E-state index >= 15 is 0 Å². The summed E-state index contributed by atoms with van der Waals surface area (Å²) >= 11 is 0. The van der Waals surface area contributed by atoms with Crippen molar-refractivity contribution in [2.75, 3.05) is 19.7 Å². The van der Waals surface area contributed by atoms with E-state index in [0.717, 1.165) is 0 Å². The smallest absolute Gasteiger partial charge is 0.320 e. The Balaban J connectivity index is 3.77. The molecule has 9 heteroatoms. The quantitative estimate of drug-likeness (QED) is 0.183. The molecule has 0 aromatic carbocycles. The van der Waals surface area contributed by atoms with Crippen molar-refractivity contribution < 1.29 is 35.1 Å². The average molecular weight is 308 g/mol. The summed E-state index contributed by atoms with van der Waals surface area (Å²) in [5.41, 5.74) is 5.31. The number of rotatable bonds is 12. The van der Waals surface area contributed by atoms with E-state index in [1.54, 1.807) is 0 Å². The van der Waals surface area contributed by atoms with Crippen LogP contribution in [0.25, 0.3) is 0 Å². The van der Waals surface area contributed by atoms with Crippen LogP contribution in [0, 0.1) is 0 Å². The highest BCUT2D eigenvalue weighted by atomic mass is 16.4. The van der Waals surface area contributed by atoms with Crippen molar-refractivity contribution in [3.63, 3.8) is 0 Å². The summed E-state index contributed by atoms with van der Waals surface area (Å²) in [6, 6.07) is -0.899. The minimum Gasteiger partial charge on any atom is -0.480 e. The first-order valence-corrected chi connectivity index (χ1v) is 6.68. The van der Waals surface area contributed by atoms with E-state index < -0.39 is 42.7 Å². The van der Waals surface area contributed by atoms with E-state index in [1.807, 2.05) is 0 Å². The highest BCUT2D eigenvalue weighted by molar-refractivity contribution is 5.85. The highest BCUT2D eigenvalue weighted by Crippen LogP contribution is 2.01. The van der Waals surface area contributed by atoms with E-state index in [-0.39, 0.29) is 6.54 Å². The molecule has 0 aliphatic carbocycles. The Morgan fingerprint density at radius 3 is 2.29 bits per heavy atom. The summed E-state index contributed by atoms with van der Waals surface area (Å²) in [4.78, 5) is 21.9. The third-order valence-corrected chi connectivity index (χ3v) is 2.97. The standard InChI is InChI=1S/C12H24N2O7/c13-7(12(20)21)3-1-2-4-14-5-8(16)10(18)11(19)9(17)6-15/h7,9-11,14-15,17-19H,1-6,13H2,(H,20,21)/t7-,9+,10-,11+/m0/s1. The van der Waals surface area contributed by atoms with Crippen LogP contribution in [-0.4, -0.2) is 81.3 Å². The first kappa shape index (κ1) is 19.9. The topological polar surface area (TPSA) is 173 Å². The van der Waals surface area contributed by atoms with E-state index in [0.29, 0.717) is 25.8 Å². The number of aliphatic carboxylic acids is 1. The van der Waals surface area contributed by atoms with E-state index in [1.165, 1.54) is 0 Å². The summed E-state index contributed by atoms with van der Waals surface area (Å²) in [7, 11) is 0. The van der Waals surface area contributed by atoms with Gasteiger partial charge in [-0.25, -0.2) is 0 Å². The zero-order valence-electron chi connectivity index (χ0n) is 11.7. The van der Waals surface area contributed by atoms with Crippen LogP contribution in [0.3, 0.4) is 0 Å². The van der Waals surface area contributed by atoms with Crippen LogP contribution < -0.4 is 11.1 Å². The number of carboxylic acid groups (broad SMARTS) is 1. The maximum Gasteiger partial charge on any atom is 0.320 e. The zero-order chi connectivity index (χ0) is 16.4. The Hall–Kier alpha value is -1.10. The Bertz CT molecular complexity index is 327. The van der Waals surface area contributed by atoms with Crippen LogP contribution in [0.5, 0.6) is 0 Å². The van der Waals surface area contributed by atoms with Crippen molar-refractivity contribution in [2.24, 2.45) is 5.73 Å². The van der Waals surface area contributed by atoms with E-state index in [4.69, 9.17) is 21.1 Å². The number of hydrogen-bond donors (Lipinski definition) is 7. The van der Waals surface area contributed by atoms with Crippen LogP contribution in [0.15, 0.2) is 0 Å². The molecule has 0 aliphatic rings. The number of carboxylic acids is 1. The van der Waals surface area contributed by atoms with Gasteiger partial charge >= 0.3 is 5.97 Å². The second-order valence-corrected chi connectivity index (χ2v) is 4.77. The van der Waals surface area contributed by atoms with Crippen LogP contribution in [0.4, 0.5) is 0 Å². The summed E-state index contributed by atoms with van der Waals surface area (Å²) in [6.07, 6.45) is -3.59. The monoisotopic (exact) mass is 308 g/mol. The van der Waals surface area contributed by atoms with Crippen molar-refractivity contribution >= 4 is 11.8 Å². The molecule has 124 valence electrons. The van der Waals surface area contributed by atoms with Gasteiger partial charge in [-0.1, -0.05) is 6.42 Å². The van der Waals surface area contributed by atoms with Gasteiger partial charge in [0.05, 0.1) is 13.2 Å². The largest absolute Gasteiger partial charge is 0.480 e. The molecular formula is C12H24N2O7. The summed E-state index contributed by atoms with van der Waals surface area (Å²) in [5, 5.41) is 47.7. The SMILES string of the molecule is N[C@@H](CCCCNCC(=O)[C@H](O)[C@H](O)[C@H](O)CO)C(=O)O. The second-order valence-electron chi connectivity index (χ2n) is 4.77. The number of Topliss-reactive ketones (excluding diaryl/α,β-unsaturated/α-hetero) is 1. The Kier molecular flexibility index (Phi) is 10.0. The van der Waals surface area contributed by atoms with Gasteiger partial charge in [-0.3, -0.25) is 9.59 Å². The molecule has 0 aromatic rings. The lowest BCUT2D eigenvalue weighted by molar-refractivity contribution is -0.139. The number of unbranched alkanes of at least 4 members (excludes halogenated alkanes) is 1. The maximum atomic E-state index is 11.5. The molecule has 0 spiro atoms.